The van der Waals surface area contributed by atoms with E-state index in [-0.39, 0.29) is 12.1 Å². The first-order chi connectivity index (χ1) is 14.1. The van der Waals surface area contributed by atoms with Crippen molar-refractivity contribution in [1.29, 1.82) is 0 Å². The van der Waals surface area contributed by atoms with Crippen molar-refractivity contribution in [3.8, 4) is 5.75 Å². The molecule has 0 radical (unpaired) electrons. The lowest BCUT2D eigenvalue weighted by Gasteiger charge is -2.20. The lowest BCUT2D eigenvalue weighted by molar-refractivity contribution is 0.0600. The monoisotopic (exact) mass is 415 g/mol. The van der Waals surface area contributed by atoms with Crippen molar-refractivity contribution in [3.05, 3.63) is 83.4 Å². The molecule has 7 heteroatoms. The van der Waals surface area contributed by atoms with Gasteiger partial charge in [0.05, 0.1) is 25.5 Å². The number of hydrogen-bond acceptors (Lipinski definition) is 5. The molecule has 1 unspecified atom stereocenters. The number of rotatable bonds is 8. The number of nitrogens with zero attached hydrogens (tertiary/aromatic N) is 2. The van der Waals surface area contributed by atoms with Gasteiger partial charge in [0.25, 0.3) is 0 Å². The van der Waals surface area contributed by atoms with E-state index in [2.05, 4.69) is 10.7 Å². The molecule has 0 aliphatic carbocycles. The largest absolute Gasteiger partial charge is 0.489 e. The normalized spacial score (nSPS) is 11.2. The molecule has 154 valence electrons. The maximum atomic E-state index is 11.6. The number of carbonyl (C=O) groups excluding carboxylic acids is 1. The second kappa shape index (κ2) is 11.9. The topological polar surface area (TPSA) is 79.4 Å². The predicted octanol–water partition coefficient (Wildman–Crippen LogP) is 3.98. The first-order valence-electron chi connectivity index (χ1n) is 9.27. The van der Waals surface area contributed by atoms with Gasteiger partial charge in [-0.05, 0) is 61.9 Å². The van der Waals surface area contributed by atoms with Crippen molar-refractivity contribution >= 4 is 17.6 Å². The van der Waals surface area contributed by atoms with Gasteiger partial charge in [0.2, 0.25) is 0 Å². The quantitative estimate of drug-likeness (QED) is 0.563. The van der Waals surface area contributed by atoms with Crippen molar-refractivity contribution < 1.29 is 14.3 Å². The van der Waals surface area contributed by atoms with E-state index in [1.165, 1.54) is 19.7 Å². The van der Waals surface area contributed by atoms with Crippen LogP contribution in [-0.2, 0) is 17.7 Å². The van der Waals surface area contributed by atoms with E-state index in [1.54, 1.807) is 36.8 Å². The van der Waals surface area contributed by atoms with Gasteiger partial charge in [-0.2, -0.15) is 0 Å². The van der Waals surface area contributed by atoms with Crippen molar-refractivity contribution in [2.45, 2.75) is 25.5 Å². The highest BCUT2D eigenvalue weighted by molar-refractivity contribution is 6.30. The van der Waals surface area contributed by atoms with E-state index >= 15 is 0 Å². The molecule has 1 heterocycles. The average molecular weight is 416 g/mol. The number of methoxy groups -OCH3 is 1. The van der Waals surface area contributed by atoms with Crippen LogP contribution in [0.4, 0.5) is 0 Å². The first kappa shape index (κ1) is 22.5. The summed E-state index contributed by atoms with van der Waals surface area (Å²) in [6, 6.07) is 14.8. The van der Waals surface area contributed by atoms with Crippen molar-refractivity contribution in [2.75, 3.05) is 14.2 Å². The Morgan fingerprint density at radius 3 is 2.41 bits per heavy atom. The average Bonchev–Trinajstić information content (AvgIpc) is 3.27. The summed E-state index contributed by atoms with van der Waals surface area (Å²) in [6.45, 7) is 0.687. The summed E-state index contributed by atoms with van der Waals surface area (Å²) in [6.07, 6.45) is 7.10. The van der Waals surface area contributed by atoms with E-state index in [4.69, 9.17) is 21.1 Å². The van der Waals surface area contributed by atoms with Gasteiger partial charge in [0.15, 0.2) is 0 Å². The number of imidazole rings is 1. The summed E-state index contributed by atoms with van der Waals surface area (Å²) in [7, 11) is 2.87. The summed E-state index contributed by atoms with van der Waals surface area (Å²) in [5.41, 5.74) is 6.21. The fraction of sp³-hybridized carbons (Fsp3) is 0.273. The standard InChI is InChI=1S/C21H21ClN2O3.CH5N/c1-26-21(25)17-5-10-19(11-6-17)27-20(14-24-13-12-23-15-24)9-4-16-2-7-18(22)8-3-16;1-2/h2-3,5-8,10-13,15,20H,4,9,14H2,1H3;2H2,1H3. The van der Waals surface area contributed by atoms with Crippen LogP contribution in [0.2, 0.25) is 5.02 Å². The Balaban J connectivity index is 0.00000145. The Labute approximate surface area is 176 Å². The number of carbonyl (C=O) groups is 1. The second-order valence-electron chi connectivity index (χ2n) is 6.18. The van der Waals surface area contributed by atoms with Crippen molar-refractivity contribution in [3.63, 3.8) is 0 Å². The zero-order valence-corrected chi connectivity index (χ0v) is 17.4. The molecule has 29 heavy (non-hydrogen) atoms. The molecule has 0 bridgehead atoms. The molecule has 0 amide bonds. The van der Waals surface area contributed by atoms with Gasteiger partial charge in [-0.25, -0.2) is 9.78 Å². The maximum absolute atomic E-state index is 11.6. The van der Waals surface area contributed by atoms with Gasteiger partial charge < -0.3 is 19.8 Å². The summed E-state index contributed by atoms with van der Waals surface area (Å²) in [5, 5.41) is 0.732. The van der Waals surface area contributed by atoms with Gasteiger partial charge >= 0.3 is 5.97 Å². The molecule has 1 aromatic heterocycles. The van der Waals surface area contributed by atoms with Crippen LogP contribution in [0.1, 0.15) is 22.3 Å². The molecule has 3 aromatic rings. The van der Waals surface area contributed by atoms with Gasteiger partial charge in [0.1, 0.15) is 11.9 Å². The number of ether oxygens (including phenoxy) is 2. The Kier molecular flexibility index (Phi) is 9.21. The fourth-order valence-corrected chi connectivity index (χ4v) is 2.90. The van der Waals surface area contributed by atoms with Crippen LogP contribution in [0.25, 0.3) is 0 Å². The molecule has 0 spiro atoms. The molecule has 0 saturated heterocycles. The number of halogens is 1. The van der Waals surface area contributed by atoms with Gasteiger partial charge in [-0.3, -0.25) is 0 Å². The molecule has 0 aliphatic heterocycles. The predicted molar refractivity (Wildman–Crippen MR) is 114 cm³/mol. The molecule has 0 saturated carbocycles. The zero-order valence-electron chi connectivity index (χ0n) is 16.6. The fourth-order valence-electron chi connectivity index (χ4n) is 2.78. The van der Waals surface area contributed by atoms with Crippen molar-refractivity contribution in [2.24, 2.45) is 5.73 Å². The Morgan fingerprint density at radius 2 is 1.83 bits per heavy atom. The van der Waals surface area contributed by atoms with E-state index in [0.29, 0.717) is 17.9 Å². The van der Waals surface area contributed by atoms with Crippen LogP contribution >= 0.6 is 11.6 Å². The first-order valence-corrected chi connectivity index (χ1v) is 9.65. The number of hydrogen-bond donors (Lipinski definition) is 1. The van der Waals surface area contributed by atoms with Crippen LogP contribution in [0.5, 0.6) is 5.75 Å². The van der Waals surface area contributed by atoms with Crippen LogP contribution in [0, 0.1) is 0 Å². The lowest BCUT2D eigenvalue weighted by Crippen LogP contribution is -2.23. The molecule has 2 N–H and O–H groups in total. The highest BCUT2D eigenvalue weighted by Gasteiger charge is 2.13. The van der Waals surface area contributed by atoms with E-state index in [9.17, 15) is 4.79 Å². The third-order valence-electron chi connectivity index (χ3n) is 4.22. The molecule has 0 fully saturated rings. The minimum Gasteiger partial charge on any atom is -0.489 e. The highest BCUT2D eigenvalue weighted by atomic mass is 35.5. The van der Waals surface area contributed by atoms with E-state index < -0.39 is 0 Å². The lowest BCUT2D eigenvalue weighted by atomic mass is 10.1. The number of nitrogens with two attached hydrogens (primary N) is 1. The number of esters is 1. The third-order valence-corrected chi connectivity index (χ3v) is 4.47. The molecule has 0 aliphatic rings. The third kappa shape index (κ3) is 7.25. The molecule has 3 rings (SSSR count). The van der Waals surface area contributed by atoms with Crippen LogP contribution < -0.4 is 10.5 Å². The number of aromatic nitrogens is 2. The molecule has 1 atom stereocenters. The zero-order chi connectivity index (χ0) is 21.1. The Bertz CT molecular complexity index is 850. The van der Waals surface area contributed by atoms with Gasteiger partial charge in [0, 0.05) is 17.4 Å². The Morgan fingerprint density at radius 1 is 1.14 bits per heavy atom. The second-order valence-corrected chi connectivity index (χ2v) is 6.62. The minimum absolute atomic E-state index is 0.0427. The van der Waals surface area contributed by atoms with Gasteiger partial charge in [-0.1, -0.05) is 23.7 Å². The van der Waals surface area contributed by atoms with Crippen LogP contribution in [-0.4, -0.2) is 35.8 Å². The SMILES string of the molecule is CN.COC(=O)c1ccc(OC(CCc2ccc(Cl)cc2)Cn2ccnc2)cc1. The van der Waals surface area contributed by atoms with Crippen LogP contribution in [0.15, 0.2) is 67.3 Å². The summed E-state index contributed by atoms with van der Waals surface area (Å²) < 4.78 is 12.9. The maximum Gasteiger partial charge on any atom is 0.337 e. The van der Waals surface area contributed by atoms with E-state index in [0.717, 1.165) is 17.9 Å². The van der Waals surface area contributed by atoms with Gasteiger partial charge in [-0.15, -0.1) is 0 Å². The summed E-state index contributed by atoms with van der Waals surface area (Å²) >= 11 is 5.95. The number of benzene rings is 2. The summed E-state index contributed by atoms with van der Waals surface area (Å²) in [4.78, 5) is 15.7. The van der Waals surface area contributed by atoms with E-state index in [1.807, 2.05) is 35.0 Å². The molecular weight excluding hydrogens is 390 g/mol. The minimum atomic E-state index is -0.362. The smallest absolute Gasteiger partial charge is 0.337 e. The van der Waals surface area contributed by atoms with Crippen LogP contribution in [0.3, 0.4) is 0 Å². The molecule has 6 nitrogen and oxygen atoms in total. The number of aryl methyl sites for hydroxylation is 1. The molecular formula is C22H26ClN3O3. The Hall–Kier alpha value is -2.83. The summed E-state index contributed by atoms with van der Waals surface area (Å²) in [5.74, 6) is 0.350. The molecule has 2 aromatic carbocycles. The van der Waals surface area contributed by atoms with Crippen molar-refractivity contribution in [1.82, 2.24) is 9.55 Å². The highest BCUT2D eigenvalue weighted by Crippen LogP contribution is 2.19.